The maximum atomic E-state index is 4.49. The number of aromatic nitrogens is 1. The molecule has 0 amide bonds. The van der Waals surface area contributed by atoms with Gasteiger partial charge in [0.1, 0.15) is 7.05 Å². The Hall–Kier alpha value is -3.65. The maximum Gasteiger partial charge on any atom is 0.213 e. The summed E-state index contributed by atoms with van der Waals surface area (Å²) in [4.78, 5) is 0. The van der Waals surface area contributed by atoms with E-state index in [1.807, 2.05) is 0 Å². The lowest BCUT2D eigenvalue weighted by molar-refractivity contribution is -0.395. The number of allylic oxidation sites excluding steroid dienone is 1. The Morgan fingerprint density at radius 3 is 2.52 bits per heavy atom. The lowest BCUT2D eigenvalue weighted by atomic mass is 9.93. The van der Waals surface area contributed by atoms with Crippen LogP contribution in [0.4, 0.5) is 5.69 Å². The summed E-state index contributed by atoms with van der Waals surface area (Å²) < 4.78 is 4.36. The summed E-state index contributed by atoms with van der Waals surface area (Å²) in [6.45, 7) is 4.49. The Kier molecular flexibility index (Phi) is 4.06. The van der Waals surface area contributed by atoms with Gasteiger partial charge in [0.15, 0.2) is 6.21 Å². The van der Waals surface area contributed by atoms with Gasteiger partial charge in [-0.05, 0) is 34.9 Å². The van der Waals surface area contributed by atoms with Gasteiger partial charge in [0.05, 0.1) is 11.1 Å². The molecule has 2 nitrogen and oxygen atoms in total. The zero-order valence-corrected chi connectivity index (χ0v) is 16.8. The minimum Gasteiger partial charge on any atom is -0.350 e. The molecule has 0 spiro atoms. The van der Waals surface area contributed by atoms with Gasteiger partial charge >= 0.3 is 0 Å². The van der Waals surface area contributed by atoms with Crippen molar-refractivity contribution in [2.45, 2.75) is 0 Å². The fraction of sp³-hybridized carbons (Fsp3) is 0.0741. The van der Waals surface area contributed by atoms with Crippen molar-refractivity contribution in [3.05, 3.63) is 108 Å². The Morgan fingerprint density at radius 2 is 1.62 bits per heavy atom. The Balaban J connectivity index is 1.63. The molecule has 5 rings (SSSR count). The predicted octanol–water partition coefficient (Wildman–Crippen LogP) is 6.14. The number of fused-ring (bicyclic) bond motifs is 2. The van der Waals surface area contributed by atoms with Gasteiger partial charge in [0.2, 0.25) is 5.69 Å². The largest absolute Gasteiger partial charge is 0.350 e. The Labute approximate surface area is 171 Å². The Bertz CT molecular complexity index is 1330. The molecule has 0 bridgehead atoms. The summed E-state index contributed by atoms with van der Waals surface area (Å²) in [6.07, 6.45) is 6.65. The third-order valence-electron chi connectivity index (χ3n) is 5.75. The van der Waals surface area contributed by atoms with E-state index in [1.54, 1.807) is 0 Å². The van der Waals surface area contributed by atoms with E-state index < -0.39 is 0 Å². The molecule has 2 heteroatoms. The number of aryl methyl sites for hydroxylation is 1. The van der Waals surface area contributed by atoms with Gasteiger partial charge in [-0.3, -0.25) is 0 Å². The van der Waals surface area contributed by atoms with Gasteiger partial charge in [-0.25, -0.2) is 4.58 Å². The number of rotatable bonds is 3. The summed E-state index contributed by atoms with van der Waals surface area (Å²) in [7, 11) is 4.19. The first-order valence-corrected chi connectivity index (χ1v) is 9.85. The number of para-hydroxylation sites is 2. The van der Waals surface area contributed by atoms with E-state index in [9.17, 15) is 0 Å². The van der Waals surface area contributed by atoms with Crippen molar-refractivity contribution in [3.63, 3.8) is 0 Å². The molecule has 0 unspecified atom stereocenters. The molecule has 0 fully saturated rings. The second kappa shape index (κ2) is 6.75. The zero-order valence-electron chi connectivity index (χ0n) is 16.8. The molecule has 29 heavy (non-hydrogen) atoms. The van der Waals surface area contributed by atoms with Crippen LogP contribution in [0.25, 0.3) is 28.1 Å². The highest BCUT2D eigenvalue weighted by atomic mass is 15.0. The van der Waals surface area contributed by atoms with Gasteiger partial charge in [-0.2, -0.15) is 0 Å². The topological polar surface area (TPSA) is 7.94 Å². The number of hydrogen-bond acceptors (Lipinski definition) is 0. The first kappa shape index (κ1) is 17.4. The van der Waals surface area contributed by atoms with Crippen molar-refractivity contribution in [2.24, 2.45) is 7.05 Å². The minimum absolute atomic E-state index is 1.05. The van der Waals surface area contributed by atoms with Crippen molar-refractivity contribution < 1.29 is 4.58 Å². The van der Waals surface area contributed by atoms with Crippen LogP contribution in [-0.4, -0.2) is 22.4 Å². The summed E-state index contributed by atoms with van der Waals surface area (Å²) >= 11 is 0. The van der Waals surface area contributed by atoms with E-state index in [2.05, 4.69) is 121 Å². The number of nitrogens with zero attached hydrogens (tertiary/aromatic N) is 2. The van der Waals surface area contributed by atoms with Crippen LogP contribution in [0, 0.1) is 0 Å². The van der Waals surface area contributed by atoms with E-state index in [-0.39, 0.29) is 0 Å². The molecule has 4 aromatic rings. The van der Waals surface area contributed by atoms with Gasteiger partial charge in [-0.1, -0.05) is 61.2 Å². The second-order valence-electron chi connectivity index (χ2n) is 7.59. The molecule has 1 aliphatic heterocycles. The average Bonchev–Trinajstić information content (AvgIpc) is 3.26. The van der Waals surface area contributed by atoms with E-state index >= 15 is 0 Å². The highest BCUT2D eigenvalue weighted by Gasteiger charge is 2.22. The lowest BCUT2D eigenvalue weighted by Gasteiger charge is -2.10. The van der Waals surface area contributed by atoms with Crippen molar-refractivity contribution >= 4 is 40.0 Å². The van der Waals surface area contributed by atoms with Gasteiger partial charge in [-0.15, -0.1) is 0 Å². The van der Waals surface area contributed by atoms with Gasteiger partial charge < -0.3 is 4.57 Å². The molecule has 0 aliphatic carbocycles. The first-order valence-electron chi connectivity index (χ1n) is 9.85. The fourth-order valence-electron chi connectivity index (χ4n) is 4.28. The van der Waals surface area contributed by atoms with Crippen LogP contribution in [0.3, 0.4) is 0 Å². The smallest absolute Gasteiger partial charge is 0.213 e. The van der Waals surface area contributed by atoms with Crippen LogP contribution < -0.4 is 0 Å². The maximum absolute atomic E-state index is 4.49. The molecule has 0 radical (unpaired) electrons. The van der Waals surface area contributed by atoms with Crippen LogP contribution in [0.5, 0.6) is 0 Å². The number of hydrogen-bond donors (Lipinski definition) is 0. The molecule has 140 valence electrons. The molecule has 0 N–H and O–H groups in total. The van der Waals surface area contributed by atoms with Crippen molar-refractivity contribution in [1.82, 2.24) is 4.57 Å². The third-order valence-corrected chi connectivity index (χ3v) is 5.75. The number of benzene rings is 3. The molecule has 2 heterocycles. The molecule has 3 aromatic carbocycles. The normalized spacial score (nSPS) is 14.3. The predicted molar refractivity (Wildman–Crippen MR) is 124 cm³/mol. The van der Waals surface area contributed by atoms with Crippen LogP contribution in [0.2, 0.25) is 0 Å². The summed E-state index contributed by atoms with van der Waals surface area (Å²) in [5.41, 5.74) is 9.53. The minimum atomic E-state index is 1.05. The molecule has 1 aliphatic rings. The van der Waals surface area contributed by atoms with E-state index in [0.29, 0.717) is 0 Å². The standard InChI is InChI=1S/C27H23N2/c1-19(25-18-29(3)27-15-9-7-13-24(25)27)22-11-5-4-10-20(22)16-21-17-28(2)26-14-8-6-12-23(21)26/h4-18H,1H2,2-3H3/q+1/b21-16-. The molecule has 0 saturated carbocycles. The highest BCUT2D eigenvalue weighted by molar-refractivity contribution is 6.18. The van der Waals surface area contributed by atoms with Crippen molar-refractivity contribution in [1.29, 1.82) is 0 Å². The van der Waals surface area contributed by atoms with Crippen molar-refractivity contribution in [3.8, 4) is 0 Å². The fourth-order valence-corrected chi connectivity index (χ4v) is 4.28. The Morgan fingerprint density at radius 1 is 0.897 bits per heavy atom. The molecular weight excluding hydrogens is 352 g/mol. The monoisotopic (exact) mass is 375 g/mol. The third kappa shape index (κ3) is 2.85. The molecule has 0 saturated heterocycles. The van der Waals surface area contributed by atoms with Crippen LogP contribution in [0.15, 0.2) is 85.6 Å². The first-order chi connectivity index (χ1) is 14.1. The van der Waals surface area contributed by atoms with Crippen molar-refractivity contribution in [2.75, 3.05) is 7.05 Å². The lowest BCUT2D eigenvalue weighted by Crippen LogP contribution is -1.92. The quantitative estimate of drug-likeness (QED) is 0.380. The zero-order chi connectivity index (χ0) is 20.0. The van der Waals surface area contributed by atoms with Crippen LogP contribution in [0.1, 0.15) is 22.3 Å². The second-order valence-corrected chi connectivity index (χ2v) is 7.59. The highest BCUT2D eigenvalue weighted by Crippen LogP contribution is 2.35. The summed E-state index contributed by atoms with van der Waals surface area (Å²) in [5, 5.41) is 1.24. The molecule has 0 atom stereocenters. The van der Waals surface area contributed by atoms with Crippen LogP contribution in [-0.2, 0) is 7.05 Å². The SMILES string of the molecule is C=C(c1ccccc1/C=C1/C=[N+](C)c2ccccc21)c1cn(C)c2ccccc12. The summed E-state index contributed by atoms with van der Waals surface area (Å²) in [6, 6.07) is 25.6. The summed E-state index contributed by atoms with van der Waals surface area (Å²) in [5.74, 6) is 0. The average molecular weight is 375 g/mol. The van der Waals surface area contributed by atoms with Crippen LogP contribution >= 0.6 is 0 Å². The van der Waals surface area contributed by atoms with Gasteiger partial charge in [0, 0.05) is 35.8 Å². The van der Waals surface area contributed by atoms with E-state index in [0.717, 1.165) is 11.1 Å². The van der Waals surface area contributed by atoms with Gasteiger partial charge in [0.25, 0.3) is 0 Å². The molecular formula is C27H23N2+. The molecule has 1 aromatic heterocycles. The van der Waals surface area contributed by atoms with E-state index in [4.69, 9.17) is 0 Å². The van der Waals surface area contributed by atoms with E-state index in [1.165, 1.54) is 38.9 Å².